The van der Waals surface area contributed by atoms with Gasteiger partial charge in [-0.25, -0.2) is 0 Å². The van der Waals surface area contributed by atoms with E-state index in [0.29, 0.717) is 18.0 Å². The van der Waals surface area contributed by atoms with Gasteiger partial charge in [-0.3, -0.25) is 14.4 Å². The number of amides is 2. The molecular formula is C18H24N2O5. The van der Waals surface area contributed by atoms with E-state index in [9.17, 15) is 14.4 Å². The second kappa shape index (κ2) is 7.55. The number of carboxylic acid groups (broad SMARTS) is 1. The van der Waals surface area contributed by atoms with Gasteiger partial charge < -0.3 is 19.6 Å². The highest BCUT2D eigenvalue weighted by Gasteiger charge is 2.40. The molecule has 0 saturated heterocycles. The minimum absolute atomic E-state index is 0.0913. The molecule has 0 aliphatic carbocycles. The number of carbonyl (C=O) groups excluding carboxylic acids is 2. The van der Waals surface area contributed by atoms with Crippen molar-refractivity contribution < 1.29 is 24.2 Å². The summed E-state index contributed by atoms with van der Waals surface area (Å²) >= 11 is 0. The molecule has 1 aliphatic rings. The minimum atomic E-state index is -0.995. The molecule has 0 spiro atoms. The average molecular weight is 348 g/mol. The molecule has 1 aromatic rings. The van der Waals surface area contributed by atoms with Gasteiger partial charge in [-0.1, -0.05) is 12.1 Å². The van der Waals surface area contributed by atoms with Gasteiger partial charge in [0.1, 0.15) is 5.75 Å². The fourth-order valence-electron chi connectivity index (χ4n) is 2.80. The Morgan fingerprint density at radius 1 is 1.24 bits per heavy atom. The second-order valence-electron chi connectivity index (χ2n) is 6.40. The SMILES string of the molecule is CCN(CCC(=O)O)C(=O)CCN1C(=O)C(C)(C)Oc2ccccc21. The number of nitrogens with zero attached hydrogens (tertiary/aromatic N) is 2. The molecule has 25 heavy (non-hydrogen) atoms. The van der Waals surface area contributed by atoms with E-state index in [1.807, 2.05) is 12.1 Å². The zero-order valence-corrected chi connectivity index (χ0v) is 14.8. The lowest BCUT2D eigenvalue weighted by molar-refractivity contribution is -0.138. The Kier molecular flexibility index (Phi) is 5.66. The molecule has 1 aliphatic heterocycles. The number of rotatable bonds is 7. The summed E-state index contributed by atoms with van der Waals surface area (Å²) in [6.45, 7) is 6.04. The molecular weight excluding hydrogens is 324 g/mol. The van der Waals surface area contributed by atoms with Crippen LogP contribution in [-0.2, 0) is 14.4 Å². The zero-order valence-electron chi connectivity index (χ0n) is 14.8. The number of aliphatic carboxylic acids is 1. The molecule has 0 aromatic heterocycles. The highest BCUT2D eigenvalue weighted by Crippen LogP contribution is 2.37. The monoisotopic (exact) mass is 348 g/mol. The first-order chi connectivity index (χ1) is 11.8. The van der Waals surface area contributed by atoms with Gasteiger partial charge in [-0.15, -0.1) is 0 Å². The Morgan fingerprint density at radius 3 is 2.56 bits per heavy atom. The van der Waals surface area contributed by atoms with Crippen molar-refractivity contribution in [3.63, 3.8) is 0 Å². The molecule has 7 nitrogen and oxygen atoms in total. The van der Waals surface area contributed by atoms with E-state index in [-0.39, 0.29) is 37.7 Å². The molecule has 136 valence electrons. The van der Waals surface area contributed by atoms with Gasteiger partial charge in [0.25, 0.3) is 5.91 Å². The third-order valence-electron chi connectivity index (χ3n) is 4.16. The number of hydrogen-bond donors (Lipinski definition) is 1. The van der Waals surface area contributed by atoms with Crippen LogP contribution < -0.4 is 9.64 Å². The number of benzene rings is 1. The number of anilines is 1. The lowest BCUT2D eigenvalue weighted by Crippen LogP contribution is -2.53. The maximum atomic E-state index is 12.7. The standard InChI is InChI=1S/C18H24N2O5/c1-4-19(11-10-16(22)23)15(21)9-12-20-13-7-5-6-8-14(13)25-18(2,3)17(20)24/h5-8H,4,9-12H2,1-3H3,(H,22,23). The fraction of sp³-hybridized carbons (Fsp3) is 0.500. The van der Waals surface area contributed by atoms with Crippen molar-refractivity contribution >= 4 is 23.5 Å². The van der Waals surface area contributed by atoms with Crippen molar-refractivity contribution in [1.82, 2.24) is 4.90 Å². The van der Waals surface area contributed by atoms with Crippen molar-refractivity contribution in [2.75, 3.05) is 24.5 Å². The van der Waals surface area contributed by atoms with Crippen molar-refractivity contribution in [2.45, 2.75) is 39.2 Å². The van der Waals surface area contributed by atoms with Gasteiger partial charge in [0, 0.05) is 26.1 Å². The minimum Gasteiger partial charge on any atom is -0.481 e. The summed E-state index contributed by atoms with van der Waals surface area (Å²) in [5.41, 5.74) is -0.348. The smallest absolute Gasteiger partial charge is 0.305 e. The van der Waals surface area contributed by atoms with E-state index in [4.69, 9.17) is 9.84 Å². The lowest BCUT2D eigenvalue weighted by atomic mass is 10.0. The van der Waals surface area contributed by atoms with Gasteiger partial charge in [-0.2, -0.15) is 0 Å². The van der Waals surface area contributed by atoms with Crippen LogP contribution in [0.4, 0.5) is 5.69 Å². The summed E-state index contributed by atoms with van der Waals surface area (Å²) in [7, 11) is 0. The second-order valence-corrected chi connectivity index (χ2v) is 6.40. The maximum absolute atomic E-state index is 12.7. The molecule has 7 heteroatoms. The number of carboxylic acids is 1. The van der Waals surface area contributed by atoms with Crippen molar-refractivity contribution in [3.8, 4) is 5.75 Å². The average Bonchev–Trinajstić information content (AvgIpc) is 2.55. The van der Waals surface area contributed by atoms with Crippen LogP contribution in [0, 0.1) is 0 Å². The number of hydrogen-bond acceptors (Lipinski definition) is 4. The van der Waals surface area contributed by atoms with Gasteiger partial charge >= 0.3 is 5.97 Å². The van der Waals surface area contributed by atoms with Crippen molar-refractivity contribution in [2.24, 2.45) is 0 Å². The third kappa shape index (κ3) is 4.29. The van der Waals surface area contributed by atoms with Crippen LogP contribution in [-0.4, -0.2) is 53.0 Å². The summed E-state index contributed by atoms with van der Waals surface area (Å²) in [4.78, 5) is 38.8. The zero-order chi connectivity index (χ0) is 18.6. The molecule has 0 atom stereocenters. The van der Waals surface area contributed by atoms with Crippen LogP contribution >= 0.6 is 0 Å². The van der Waals surface area contributed by atoms with Gasteiger partial charge in [0.15, 0.2) is 5.60 Å². The molecule has 1 N–H and O–H groups in total. The number of para-hydroxylation sites is 2. The quantitative estimate of drug-likeness (QED) is 0.813. The number of carbonyl (C=O) groups is 3. The van der Waals surface area contributed by atoms with Crippen LogP contribution in [0.1, 0.15) is 33.6 Å². The summed E-state index contributed by atoms with van der Waals surface area (Å²) in [5.74, 6) is -0.700. The first-order valence-corrected chi connectivity index (χ1v) is 8.36. The Morgan fingerprint density at radius 2 is 1.92 bits per heavy atom. The van der Waals surface area contributed by atoms with Crippen molar-refractivity contribution in [1.29, 1.82) is 0 Å². The predicted molar refractivity (Wildman–Crippen MR) is 92.6 cm³/mol. The number of fused-ring (bicyclic) bond motifs is 1. The lowest BCUT2D eigenvalue weighted by Gasteiger charge is -2.38. The van der Waals surface area contributed by atoms with Crippen LogP contribution in [0.2, 0.25) is 0 Å². The Labute approximate surface area is 147 Å². The summed E-state index contributed by atoms with van der Waals surface area (Å²) in [6.07, 6.45) is 0.0372. The summed E-state index contributed by atoms with van der Waals surface area (Å²) in [5, 5.41) is 8.77. The Balaban J connectivity index is 2.09. The van der Waals surface area contributed by atoms with Crippen LogP contribution in [0.3, 0.4) is 0 Å². The Hall–Kier alpha value is -2.57. The highest BCUT2D eigenvalue weighted by atomic mass is 16.5. The van der Waals surface area contributed by atoms with Gasteiger partial charge in [-0.05, 0) is 32.9 Å². The van der Waals surface area contributed by atoms with Gasteiger partial charge in [0.05, 0.1) is 12.1 Å². The molecule has 1 aromatic carbocycles. The van der Waals surface area contributed by atoms with Crippen LogP contribution in [0.5, 0.6) is 5.75 Å². The number of ether oxygens (including phenoxy) is 1. The van der Waals surface area contributed by atoms with E-state index >= 15 is 0 Å². The van der Waals surface area contributed by atoms with E-state index in [1.165, 1.54) is 4.90 Å². The largest absolute Gasteiger partial charge is 0.481 e. The molecule has 0 bridgehead atoms. The molecule has 0 radical (unpaired) electrons. The molecule has 0 saturated carbocycles. The molecule has 0 unspecified atom stereocenters. The first kappa shape index (κ1) is 18.8. The first-order valence-electron chi connectivity index (χ1n) is 8.36. The summed E-state index contributed by atoms with van der Waals surface area (Å²) < 4.78 is 5.75. The fourth-order valence-corrected chi connectivity index (χ4v) is 2.80. The van der Waals surface area contributed by atoms with E-state index in [2.05, 4.69) is 0 Å². The third-order valence-corrected chi connectivity index (χ3v) is 4.16. The van der Waals surface area contributed by atoms with E-state index < -0.39 is 11.6 Å². The highest BCUT2D eigenvalue weighted by molar-refractivity contribution is 6.02. The normalized spacial score (nSPS) is 15.3. The molecule has 0 fully saturated rings. The van der Waals surface area contributed by atoms with Crippen molar-refractivity contribution in [3.05, 3.63) is 24.3 Å². The molecule has 1 heterocycles. The predicted octanol–water partition coefficient (Wildman–Crippen LogP) is 1.90. The Bertz CT molecular complexity index is 671. The summed E-state index contributed by atoms with van der Waals surface area (Å²) in [6, 6.07) is 7.23. The molecule has 2 amide bonds. The van der Waals surface area contributed by atoms with Crippen LogP contribution in [0.15, 0.2) is 24.3 Å². The van der Waals surface area contributed by atoms with E-state index in [0.717, 1.165) is 0 Å². The molecule has 2 rings (SSSR count). The van der Waals surface area contributed by atoms with Crippen LogP contribution in [0.25, 0.3) is 0 Å². The van der Waals surface area contributed by atoms with Gasteiger partial charge in [0.2, 0.25) is 5.91 Å². The topological polar surface area (TPSA) is 87.2 Å². The van der Waals surface area contributed by atoms with E-state index in [1.54, 1.807) is 37.8 Å². The maximum Gasteiger partial charge on any atom is 0.305 e.